The Kier molecular flexibility index (Phi) is 5.64. The molecule has 1 aromatic heterocycles. The van der Waals surface area contributed by atoms with Gasteiger partial charge in [0, 0.05) is 11.6 Å². The van der Waals surface area contributed by atoms with Crippen molar-refractivity contribution in [2.75, 3.05) is 26.7 Å². The Morgan fingerprint density at radius 2 is 2.08 bits per heavy atom. The van der Waals surface area contributed by atoms with E-state index >= 15 is 0 Å². The number of hydrogen-bond donors (Lipinski definition) is 1. The van der Waals surface area contributed by atoms with Gasteiger partial charge in [-0.3, -0.25) is 4.57 Å². The summed E-state index contributed by atoms with van der Waals surface area (Å²) in [6.45, 7) is 7.11. The number of halogens is 1. The summed E-state index contributed by atoms with van der Waals surface area (Å²) in [6, 6.07) is 3.72. The number of nitrogens with one attached hydrogen (secondary N) is 1. The first-order chi connectivity index (χ1) is 12.0. The number of carbonyl (C=O) groups is 1. The Bertz CT molecular complexity index is 747. The number of carbonyl (C=O) groups excluding carboxylic acids is 1. The second-order valence-electron chi connectivity index (χ2n) is 7.47. The molecule has 0 bridgehead atoms. The van der Waals surface area contributed by atoms with Crippen LogP contribution in [0.1, 0.15) is 44.6 Å². The average Bonchev–Trinajstić information content (AvgIpc) is 2.98. The van der Waals surface area contributed by atoms with Crippen LogP contribution in [0.2, 0.25) is 5.02 Å². The highest BCUT2D eigenvalue weighted by Crippen LogP contribution is 2.34. The second-order valence-corrected chi connectivity index (χ2v) is 7.91. The zero-order chi connectivity index (χ0) is 18.0. The summed E-state index contributed by atoms with van der Waals surface area (Å²) in [5, 5.41) is 3.63. The van der Waals surface area contributed by atoms with Crippen molar-refractivity contribution in [1.29, 1.82) is 0 Å². The number of likely N-dealkylation sites (tertiary alicyclic amines) is 1. The molecule has 5 nitrogen and oxygen atoms in total. The number of benzene rings is 1. The molecule has 0 radical (unpaired) electrons. The Morgan fingerprint density at radius 3 is 2.76 bits per heavy atom. The van der Waals surface area contributed by atoms with Gasteiger partial charge in [0.15, 0.2) is 0 Å². The molecule has 0 atom stereocenters. The molecule has 3 rings (SSSR count). The van der Waals surface area contributed by atoms with Gasteiger partial charge < -0.3 is 10.2 Å². The average molecular weight is 363 g/mol. The zero-order valence-corrected chi connectivity index (χ0v) is 16.0. The second kappa shape index (κ2) is 7.75. The lowest BCUT2D eigenvalue weighted by Gasteiger charge is -2.29. The SMILES string of the molecule is CC(C)CCNC(=O)n1cnc2c(C3CCN(C)CC3)cc(Cl)cc21. The van der Waals surface area contributed by atoms with E-state index in [9.17, 15) is 4.79 Å². The van der Waals surface area contributed by atoms with Gasteiger partial charge in [0.05, 0.1) is 11.0 Å². The van der Waals surface area contributed by atoms with Gasteiger partial charge in [0.2, 0.25) is 0 Å². The first-order valence-corrected chi connectivity index (χ1v) is 9.46. The van der Waals surface area contributed by atoms with Crippen LogP contribution in [0, 0.1) is 5.92 Å². The molecule has 1 aliphatic heterocycles. The van der Waals surface area contributed by atoms with E-state index in [1.165, 1.54) is 5.56 Å². The zero-order valence-electron chi connectivity index (χ0n) is 15.3. The summed E-state index contributed by atoms with van der Waals surface area (Å²) >= 11 is 6.37. The number of piperidine rings is 1. The Morgan fingerprint density at radius 1 is 1.36 bits per heavy atom. The predicted octanol–water partition coefficient (Wildman–Crippen LogP) is 4.10. The van der Waals surface area contributed by atoms with Crippen LogP contribution < -0.4 is 5.32 Å². The molecule has 1 saturated heterocycles. The number of amides is 1. The Labute approximate surface area is 154 Å². The van der Waals surface area contributed by atoms with Crippen molar-refractivity contribution in [2.45, 2.75) is 39.0 Å². The molecule has 0 saturated carbocycles. The molecule has 25 heavy (non-hydrogen) atoms. The molecular formula is C19H27ClN4O. The van der Waals surface area contributed by atoms with Crippen LogP contribution in [0.4, 0.5) is 4.79 Å². The van der Waals surface area contributed by atoms with E-state index in [0.29, 0.717) is 23.4 Å². The van der Waals surface area contributed by atoms with Gasteiger partial charge in [-0.2, -0.15) is 0 Å². The monoisotopic (exact) mass is 362 g/mol. The minimum Gasteiger partial charge on any atom is -0.337 e. The van der Waals surface area contributed by atoms with Crippen LogP contribution in [0.25, 0.3) is 11.0 Å². The van der Waals surface area contributed by atoms with Crippen LogP contribution in [0.15, 0.2) is 18.5 Å². The lowest BCUT2D eigenvalue weighted by molar-refractivity contribution is 0.242. The number of aromatic nitrogens is 2. The number of imidazole rings is 1. The topological polar surface area (TPSA) is 50.2 Å². The van der Waals surface area contributed by atoms with Crippen molar-refractivity contribution >= 4 is 28.7 Å². The van der Waals surface area contributed by atoms with E-state index in [1.807, 2.05) is 12.1 Å². The van der Waals surface area contributed by atoms with Crippen molar-refractivity contribution in [1.82, 2.24) is 19.8 Å². The number of hydrogen-bond acceptors (Lipinski definition) is 3. The minimum absolute atomic E-state index is 0.139. The molecule has 0 aliphatic carbocycles. The van der Waals surface area contributed by atoms with Gasteiger partial charge in [-0.25, -0.2) is 9.78 Å². The molecule has 2 aromatic rings. The van der Waals surface area contributed by atoms with Gasteiger partial charge >= 0.3 is 6.03 Å². The molecule has 6 heteroatoms. The third kappa shape index (κ3) is 4.15. The molecule has 0 unspecified atom stereocenters. The van der Waals surface area contributed by atoms with E-state index in [0.717, 1.165) is 43.4 Å². The molecule has 1 aromatic carbocycles. The number of fused-ring (bicyclic) bond motifs is 1. The largest absolute Gasteiger partial charge is 0.337 e. The van der Waals surface area contributed by atoms with E-state index < -0.39 is 0 Å². The molecule has 1 N–H and O–H groups in total. The number of nitrogens with zero attached hydrogens (tertiary/aromatic N) is 3. The van der Waals surface area contributed by atoms with E-state index in [2.05, 4.69) is 36.1 Å². The Balaban J connectivity index is 1.86. The highest BCUT2D eigenvalue weighted by atomic mass is 35.5. The molecule has 1 aliphatic rings. The summed E-state index contributed by atoms with van der Waals surface area (Å²) < 4.78 is 1.58. The van der Waals surface area contributed by atoms with Gasteiger partial charge in [0.25, 0.3) is 0 Å². The van der Waals surface area contributed by atoms with Crippen molar-refractivity contribution < 1.29 is 4.79 Å². The van der Waals surface area contributed by atoms with Crippen molar-refractivity contribution in [3.8, 4) is 0 Å². The van der Waals surface area contributed by atoms with Crippen molar-refractivity contribution in [3.05, 3.63) is 29.0 Å². The van der Waals surface area contributed by atoms with Gasteiger partial charge in [0.1, 0.15) is 6.33 Å². The van der Waals surface area contributed by atoms with Gasteiger partial charge in [-0.15, -0.1) is 0 Å². The van der Waals surface area contributed by atoms with Crippen molar-refractivity contribution in [2.24, 2.45) is 5.92 Å². The quantitative estimate of drug-likeness (QED) is 0.890. The maximum atomic E-state index is 12.5. The highest BCUT2D eigenvalue weighted by molar-refractivity contribution is 6.31. The first kappa shape index (κ1) is 18.2. The van der Waals surface area contributed by atoms with Crippen LogP contribution >= 0.6 is 11.6 Å². The number of rotatable bonds is 4. The summed E-state index contributed by atoms with van der Waals surface area (Å²) in [7, 11) is 2.15. The first-order valence-electron chi connectivity index (χ1n) is 9.09. The van der Waals surface area contributed by atoms with Crippen LogP contribution in [0.3, 0.4) is 0 Å². The molecular weight excluding hydrogens is 336 g/mol. The maximum absolute atomic E-state index is 12.5. The third-order valence-corrected chi connectivity index (χ3v) is 5.24. The summed E-state index contributed by atoms with van der Waals surface area (Å²) in [5.41, 5.74) is 2.87. The fraction of sp³-hybridized carbons (Fsp3) is 0.579. The third-order valence-electron chi connectivity index (χ3n) is 5.02. The standard InChI is InChI=1S/C19H27ClN4O/c1-13(2)4-7-21-19(25)24-12-22-18-16(10-15(20)11-17(18)24)14-5-8-23(3)9-6-14/h10-14H,4-9H2,1-3H3,(H,21,25). The van der Waals surface area contributed by atoms with E-state index in [4.69, 9.17) is 11.6 Å². The summed E-state index contributed by atoms with van der Waals surface area (Å²) in [4.78, 5) is 19.4. The molecule has 1 amide bonds. The Hall–Kier alpha value is -1.59. The van der Waals surface area contributed by atoms with Crippen LogP contribution in [0.5, 0.6) is 0 Å². The fourth-order valence-electron chi connectivity index (χ4n) is 3.45. The maximum Gasteiger partial charge on any atom is 0.327 e. The highest BCUT2D eigenvalue weighted by Gasteiger charge is 2.23. The van der Waals surface area contributed by atoms with Gasteiger partial charge in [-0.1, -0.05) is 25.4 Å². The fourth-order valence-corrected chi connectivity index (χ4v) is 3.67. The van der Waals surface area contributed by atoms with Crippen LogP contribution in [-0.2, 0) is 0 Å². The van der Waals surface area contributed by atoms with Gasteiger partial charge in [-0.05, 0) is 68.9 Å². The van der Waals surface area contributed by atoms with E-state index in [-0.39, 0.29) is 6.03 Å². The molecule has 136 valence electrons. The predicted molar refractivity (Wildman–Crippen MR) is 102 cm³/mol. The van der Waals surface area contributed by atoms with E-state index in [1.54, 1.807) is 10.9 Å². The lowest BCUT2D eigenvalue weighted by atomic mass is 9.89. The summed E-state index contributed by atoms with van der Waals surface area (Å²) in [5.74, 6) is 1.01. The smallest absolute Gasteiger partial charge is 0.327 e. The molecule has 1 fully saturated rings. The lowest BCUT2D eigenvalue weighted by Crippen LogP contribution is -2.30. The summed E-state index contributed by atoms with van der Waals surface area (Å²) in [6.07, 6.45) is 4.77. The van der Waals surface area contributed by atoms with Crippen molar-refractivity contribution in [3.63, 3.8) is 0 Å². The molecule has 2 heterocycles. The normalized spacial score (nSPS) is 16.7. The van der Waals surface area contributed by atoms with Crippen LogP contribution in [-0.4, -0.2) is 47.2 Å². The minimum atomic E-state index is -0.139. The molecule has 0 spiro atoms.